The maximum atomic E-state index is 13.2. The highest BCUT2D eigenvalue weighted by atomic mass is 16.5. The first-order valence-corrected chi connectivity index (χ1v) is 11.4. The van der Waals surface area contributed by atoms with Gasteiger partial charge in [-0.05, 0) is 73.2 Å². The van der Waals surface area contributed by atoms with Crippen molar-refractivity contribution in [2.45, 2.75) is 38.6 Å². The average Bonchev–Trinajstić information content (AvgIpc) is 2.85. The van der Waals surface area contributed by atoms with Crippen LogP contribution in [0.3, 0.4) is 0 Å². The zero-order valence-corrected chi connectivity index (χ0v) is 18.9. The van der Waals surface area contributed by atoms with Crippen LogP contribution in [0.15, 0.2) is 78.9 Å². The van der Waals surface area contributed by atoms with Crippen molar-refractivity contribution in [3.8, 4) is 11.5 Å². The summed E-state index contributed by atoms with van der Waals surface area (Å²) >= 11 is 0. The number of nitrogens with zero attached hydrogens (tertiary/aromatic N) is 1. The molecule has 1 heterocycles. The number of aryl methyl sites for hydroxylation is 1. The van der Waals surface area contributed by atoms with E-state index in [4.69, 9.17) is 9.47 Å². The number of ether oxygens (including phenoxy) is 2. The van der Waals surface area contributed by atoms with Crippen molar-refractivity contribution in [3.05, 3.63) is 90.0 Å². The lowest BCUT2D eigenvalue weighted by Gasteiger charge is -2.47. The average molecular weight is 430 g/mol. The third-order valence-electron chi connectivity index (χ3n) is 6.08. The SMILES string of the molecule is CCCOc1ccc([C@@H]2[C@@H](CCCc3ccccc3)C(=O)N2c2ccc(OC)cc2)cc1. The van der Waals surface area contributed by atoms with E-state index in [0.717, 1.165) is 48.4 Å². The fourth-order valence-corrected chi connectivity index (χ4v) is 4.39. The van der Waals surface area contributed by atoms with E-state index in [1.54, 1.807) is 7.11 Å². The van der Waals surface area contributed by atoms with Crippen LogP contribution < -0.4 is 14.4 Å². The van der Waals surface area contributed by atoms with Crippen molar-refractivity contribution in [1.29, 1.82) is 0 Å². The monoisotopic (exact) mass is 429 g/mol. The van der Waals surface area contributed by atoms with Gasteiger partial charge in [-0.15, -0.1) is 0 Å². The van der Waals surface area contributed by atoms with E-state index in [1.165, 1.54) is 5.56 Å². The Hall–Kier alpha value is -3.27. The zero-order valence-electron chi connectivity index (χ0n) is 18.9. The number of β-lactam (4-membered cyclic amide) rings is 1. The molecule has 32 heavy (non-hydrogen) atoms. The molecular formula is C28H31NO3. The van der Waals surface area contributed by atoms with E-state index >= 15 is 0 Å². The molecular weight excluding hydrogens is 398 g/mol. The smallest absolute Gasteiger partial charge is 0.233 e. The fourth-order valence-electron chi connectivity index (χ4n) is 4.39. The summed E-state index contributed by atoms with van der Waals surface area (Å²) in [6.07, 6.45) is 3.83. The minimum absolute atomic E-state index is 0.0109. The Morgan fingerprint density at radius 2 is 1.56 bits per heavy atom. The van der Waals surface area contributed by atoms with Crippen LogP contribution in [0.5, 0.6) is 11.5 Å². The van der Waals surface area contributed by atoms with Gasteiger partial charge in [0.2, 0.25) is 5.91 Å². The van der Waals surface area contributed by atoms with Crippen molar-refractivity contribution in [1.82, 2.24) is 0 Å². The van der Waals surface area contributed by atoms with Gasteiger partial charge in [-0.25, -0.2) is 0 Å². The summed E-state index contributed by atoms with van der Waals surface area (Å²) < 4.78 is 11.0. The van der Waals surface area contributed by atoms with Crippen LogP contribution in [-0.4, -0.2) is 19.6 Å². The lowest BCUT2D eigenvalue weighted by atomic mass is 9.78. The first-order chi connectivity index (χ1) is 15.7. The summed E-state index contributed by atoms with van der Waals surface area (Å²) in [6, 6.07) is 26.5. The van der Waals surface area contributed by atoms with Gasteiger partial charge in [0.15, 0.2) is 0 Å². The lowest BCUT2D eigenvalue weighted by molar-refractivity contribution is -0.130. The second-order valence-electron chi connectivity index (χ2n) is 8.25. The molecule has 1 aliphatic heterocycles. The van der Waals surface area contributed by atoms with Crippen LogP contribution in [0.4, 0.5) is 5.69 Å². The second-order valence-corrected chi connectivity index (χ2v) is 8.25. The molecule has 0 N–H and O–H groups in total. The van der Waals surface area contributed by atoms with Gasteiger partial charge < -0.3 is 14.4 Å². The molecule has 0 radical (unpaired) electrons. The van der Waals surface area contributed by atoms with Gasteiger partial charge in [0.1, 0.15) is 11.5 Å². The van der Waals surface area contributed by atoms with Gasteiger partial charge in [-0.3, -0.25) is 4.79 Å². The van der Waals surface area contributed by atoms with Crippen molar-refractivity contribution in [3.63, 3.8) is 0 Å². The predicted molar refractivity (Wildman–Crippen MR) is 128 cm³/mol. The van der Waals surface area contributed by atoms with Crippen LogP contribution in [0.1, 0.15) is 43.4 Å². The number of rotatable bonds is 10. The number of carbonyl (C=O) groups excluding carboxylic acids is 1. The van der Waals surface area contributed by atoms with Crippen molar-refractivity contribution in [2.24, 2.45) is 5.92 Å². The number of hydrogen-bond donors (Lipinski definition) is 0. The molecule has 4 heteroatoms. The highest BCUT2D eigenvalue weighted by Crippen LogP contribution is 2.46. The normalized spacial score (nSPS) is 17.7. The predicted octanol–water partition coefficient (Wildman–Crippen LogP) is 6.21. The van der Waals surface area contributed by atoms with Gasteiger partial charge in [0, 0.05) is 5.69 Å². The number of anilines is 1. The topological polar surface area (TPSA) is 38.8 Å². The molecule has 0 bridgehead atoms. The van der Waals surface area contributed by atoms with Gasteiger partial charge in [-0.2, -0.15) is 0 Å². The quantitative estimate of drug-likeness (QED) is 0.360. The molecule has 4 rings (SSSR count). The van der Waals surface area contributed by atoms with Crippen molar-refractivity contribution in [2.75, 3.05) is 18.6 Å². The molecule has 2 atom stereocenters. The third kappa shape index (κ3) is 4.80. The number of amides is 1. The minimum atomic E-state index is -0.0109. The van der Waals surface area contributed by atoms with Gasteiger partial charge >= 0.3 is 0 Å². The molecule has 0 saturated carbocycles. The maximum Gasteiger partial charge on any atom is 0.233 e. The molecule has 3 aromatic carbocycles. The Labute approximate surface area is 190 Å². The van der Waals surface area contributed by atoms with E-state index in [9.17, 15) is 4.79 Å². The molecule has 0 spiro atoms. The zero-order chi connectivity index (χ0) is 22.3. The van der Waals surface area contributed by atoms with Crippen molar-refractivity contribution >= 4 is 11.6 Å². The second kappa shape index (κ2) is 10.4. The maximum absolute atomic E-state index is 13.2. The number of carbonyl (C=O) groups is 1. The van der Waals surface area contributed by atoms with E-state index in [1.807, 2.05) is 47.4 Å². The number of benzene rings is 3. The summed E-state index contributed by atoms with van der Waals surface area (Å²) in [5.41, 5.74) is 3.38. The van der Waals surface area contributed by atoms with E-state index in [-0.39, 0.29) is 17.9 Å². The molecule has 0 aliphatic carbocycles. The van der Waals surface area contributed by atoms with Crippen LogP contribution in [0, 0.1) is 5.92 Å². The fraction of sp³-hybridized carbons (Fsp3) is 0.321. The highest BCUT2D eigenvalue weighted by molar-refractivity contribution is 6.03. The summed E-state index contributed by atoms with van der Waals surface area (Å²) in [5, 5.41) is 0. The van der Waals surface area contributed by atoms with Crippen LogP contribution in [0.2, 0.25) is 0 Å². The number of methoxy groups -OCH3 is 1. The molecule has 0 unspecified atom stereocenters. The summed E-state index contributed by atoms with van der Waals surface area (Å²) in [4.78, 5) is 15.1. The van der Waals surface area contributed by atoms with Gasteiger partial charge in [-0.1, -0.05) is 49.4 Å². The Kier molecular flexibility index (Phi) is 7.10. The molecule has 4 nitrogen and oxygen atoms in total. The van der Waals surface area contributed by atoms with Gasteiger partial charge in [0.05, 0.1) is 25.7 Å². The molecule has 1 amide bonds. The van der Waals surface area contributed by atoms with E-state index in [2.05, 4.69) is 43.3 Å². The first-order valence-electron chi connectivity index (χ1n) is 11.4. The van der Waals surface area contributed by atoms with Crippen molar-refractivity contribution < 1.29 is 14.3 Å². The Morgan fingerprint density at radius 1 is 0.875 bits per heavy atom. The summed E-state index contributed by atoms with van der Waals surface area (Å²) in [7, 11) is 1.65. The van der Waals surface area contributed by atoms with E-state index < -0.39 is 0 Å². The first kappa shape index (κ1) is 21.9. The molecule has 1 saturated heterocycles. The summed E-state index contributed by atoms with van der Waals surface area (Å²) in [5.74, 6) is 1.84. The van der Waals surface area contributed by atoms with Crippen LogP contribution in [-0.2, 0) is 11.2 Å². The number of hydrogen-bond acceptors (Lipinski definition) is 3. The van der Waals surface area contributed by atoms with Gasteiger partial charge in [0.25, 0.3) is 0 Å². The Balaban J connectivity index is 1.52. The minimum Gasteiger partial charge on any atom is -0.497 e. The standard InChI is InChI=1S/C28H31NO3/c1-3-20-32-25-16-12-22(13-17-25)27-26(11-7-10-21-8-5-4-6-9-21)28(30)29(27)23-14-18-24(31-2)19-15-23/h4-6,8-9,12-19,26-27H,3,7,10-11,20H2,1-2H3/t26-,27-/m1/s1. The summed E-state index contributed by atoms with van der Waals surface area (Å²) in [6.45, 7) is 2.81. The highest BCUT2D eigenvalue weighted by Gasteiger charge is 2.48. The van der Waals surface area contributed by atoms with E-state index in [0.29, 0.717) is 6.61 Å². The third-order valence-corrected chi connectivity index (χ3v) is 6.08. The largest absolute Gasteiger partial charge is 0.497 e. The van der Waals surface area contributed by atoms with Crippen LogP contribution in [0.25, 0.3) is 0 Å². The Bertz CT molecular complexity index is 999. The Morgan fingerprint density at radius 3 is 2.22 bits per heavy atom. The van der Waals surface area contributed by atoms with Crippen LogP contribution >= 0.6 is 0 Å². The molecule has 1 aliphatic rings. The molecule has 166 valence electrons. The molecule has 0 aromatic heterocycles. The molecule has 1 fully saturated rings. The lowest BCUT2D eigenvalue weighted by Crippen LogP contribution is -2.55. The molecule has 3 aromatic rings.